The minimum Gasteiger partial charge on any atom is -0.389 e. The Bertz CT molecular complexity index is 1390. The molecule has 246 valence electrons. The van der Waals surface area contributed by atoms with E-state index in [-0.39, 0.29) is 5.82 Å². The lowest BCUT2D eigenvalue weighted by molar-refractivity contribution is 0.00204. The fourth-order valence-corrected chi connectivity index (χ4v) is 7.49. The van der Waals surface area contributed by atoms with Crippen LogP contribution in [0.1, 0.15) is 83.9 Å². The number of ether oxygens (including phenoxy) is 1. The van der Waals surface area contributed by atoms with E-state index < -0.39 is 12.0 Å². The lowest BCUT2D eigenvalue weighted by atomic mass is 9.83. The Morgan fingerprint density at radius 1 is 0.956 bits per heavy atom. The molecule has 0 bridgehead atoms. The van der Waals surface area contributed by atoms with Crippen molar-refractivity contribution in [2.75, 3.05) is 56.2 Å². The predicted molar refractivity (Wildman–Crippen MR) is 173 cm³/mol. The van der Waals surface area contributed by atoms with E-state index in [4.69, 9.17) is 14.7 Å². The molecular formula is C34H49F2N7O2. The number of halogens is 2. The van der Waals surface area contributed by atoms with Crippen LogP contribution in [-0.2, 0) is 4.74 Å². The van der Waals surface area contributed by atoms with Gasteiger partial charge in [-0.05, 0) is 76.3 Å². The van der Waals surface area contributed by atoms with E-state index in [1.165, 1.54) is 36.7 Å². The summed E-state index contributed by atoms with van der Waals surface area (Å²) in [5.74, 6) is 2.39. The Kier molecular flexibility index (Phi) is 10.2. The van der Waals surface area contributed by atoms with Crippen LogP contribution in [0, 0.1) is 11.8 Å². The van der Waals surface area contributed by atoms with Crippen molar-refractivity contribution in [2.24, 2.45) is 11.8 Å². The van der Waals surface area contributed by atoms with E-state index in [1.807, 2.05) is 19.9 Å². The summed E-state index contributed by atoms with van der Waals surface area (Å²) in [6.45, 7) is 8.90. The monoisotopic (exact) mass is 625 g/mol. The quantitative estimate of drug-likeness (QED) is 0.260. The van der Waals surface area contributed by atoms with E-state index in [0.717, 1.165) is 44.7 Å². The number of anilines is 2. The minimum absolute atomic E-state index is 0.323. The van der Waals surface area contributed by atoms with Gasteiger partial charge >= 0.3 is 0 Å². The number of rotatable bonds is 11. The van der Waals surface area contributed by atoms with Crippen LogP contribution in [0.3, 0.4) is 0 Å². The van der Waals surface area contributed by atoms with Gasteiger partial charge in [-0.2, -0.15) is 9.97 Å². The molecule has 0 atom stereocenters. The molecule has 0 spiro atoms. The maximum atomic E-state index is 14.2. The molecule has 45 heavy (non-hydrogen) atoms. The van der Waals surface area contributed by atoms with E-state index in [9.17, 15) is 13.9 Å². The van der Waals surface area contributed by atoms with Gasteiger partial charge < -0.3 is 20.1 Å². The third-order valence-electron chi connectivity index (χ3n) is 9.73. The molecular weight excluding hydrogens is 576 g/mol. The molecule has 3 fully saturated rings. The zero-order chi connectivity index (χ0) is 31.4. The number of hydrogen-bond acceptors (Lipinski definition) is 8. The molecule has 1 aliphatic heterocycles. The zero-order valence-electron chi connectivity index (χ0n) is 26.8. The molecule has 2 aromatic heterocycles. The van der Waals surface area contributed by atoms with E-state index in [2.05, 4.69) is 20.1 Å². The molecule has 3 aromatic rings. The average molecular weight is 626 g/mol. The van der Waals surface area contributed by atoms with E-state index >= 15 is 0 Å². The Morgan fingerprint density at radius 3 is 2.38 bits per heavy atom. The molecule has 1 saturated heterocycles. The Labute approximate surface area is 265 Å². The van der Waals surface area contributed by atoms with Gasteiger partial charge in [-0.25, -0.2) is 13.8 Å². The van der Waals surface area contributed by atoms with Gasteiger partial charge in [0.1, 0.15) is 11.6 Å². The third kappa shape index (κ3) is 8.10. The number of nitrogens with one attached hydrogen (secondary N) is 1. The van der Waals surface area contributed by atoms with Crippen molar-refractivity contribution in [1.29, 1.82) is 0 Å². The van der Waals surface area contributed by atoms with Crippen LogP contribution in [0.5, 0.6) is 0 Å². The van der Waals surface area contributed by atoms with Gasteiger partial charge in [0.05, 0.1) is 29.8 Å². The van der Waals surface area contributed by atoms with Gasteiger partial charge in [-0.3, -0.25) is 9.47 Å². The van der Waals surface area contributed by atoms with E-state index in [0.29, 0.717) is 73.4 Å². The fourth-order valence-electron chi connectivity index (χ4n) is 7.49. The molecule has 2 N–H and O–H groups in total. The van der Waals surface area contributed by atoms with Crippen molar-refractivity contribution < 1.29 is 18.6 Å². The average Bonchev–Trinajstić information content (AvgIpc) is 3.44. The van der Waals surface area contributed by atoms with Crippen LogP contribution in [0.4, 0.5) is 20.5 Å². The summed E-state index contributed by atoms with van der Waals surface area (Å²) in [4.78, 5) is 18.6. The van der Waals surface area contributed by atoms with Crippen molar-refractivity contribution in [1.82, 2.24) is 24.4 Å². The number of morpholine rings is 1. The molecule has 9 nitrogen and oxygen atoms in total. The Morgan fingerprint density at radius 2 is 1.67 bits per heavy atom. The second-order valence-corrected chi connectivity index (χ2v) is 13.9. The molecule has 11 heteroatoms. The topological polar surface area (TPSA) is 91.6 Å². The largest absolute Gasteiger partial charge is 0.389 e. The van der Waals surface area contributed by atoms with Crippen molar-refractivity contribution in [3.8, 4) is 5.82 Å². The second-order valence-electron chi connectivity index (χ2n) is 13.9. The summed E-state index contributed by atoms with van der Waals surface area (Å²) in [7, 11) is 0. The summed E-state index contributed by atoms with van der Waals surface area (Å²) in [5.41, 5.74) is 0.388. The maximum absolute atomic E-state index is 14.2. The first-order valence-corrected chi connectivity index (χ1v) is 16.9. The molecule has 0 unspecified atom stereocenters. The molecule has 2 aliphatic carbocycles. The first-order valence-electron chi connectivity index (χ1n) is 16.9. The Hall–Kier alpha value is -2.89. The number of alkyl halides is 2. The van der Waals surface area contributed by atoms with Gasteiger partial charge in [0.2, 0.25) is 5.95 Å². The van der Waals surface area contributed by atoms with Crippen LogP contribution in [0.25, 0.3) is 16.9 Å². The second kappa shape index (κ2) is 14.3. The van der Waals surface area contributed by atoms with Crippen molar-refractivity contribution >= 4 is 22.8 Å². The highest BCUT2D eigenvalue weighted by molar-refractivity contribution is 5.78. The van der Waals surface area contributed by atoms with Crippen LogP contribution in [0.15, 0.2) is 30.3 Å². The van der Waals surface area contributed by atoms with Crippen molar-refractivity contribution in [3.05, 3.63) is 36.2 Å². The summed E-state index contributed by atoms with van der Waals surface area (Å²) in [5, 5.41) is 14.2. The van der Waals surface area contributed by atoms with Crippen LogP contribution in [0.2, 0.25) is 0 Å². The molecule has 0 amide bonds. The third-order valence-corrected chi connectivity index (χ3v) is 9.73. The number of aromatic nitrogens is 4. The minimum atomic E-state index is -2.75. The predicted octanol–water partition coefficient (Wildman–Crippen LogP) is 6.21. The number of aliphatic hydroxyl groups is 1. The number of fused-ring (bicyclic) bond motifs is 1. The highest BCUT2D eigenvalue weighted by atomic mass is 19.3. The summed E-state index contributed by atoms with van der Waals surface area (Å²) in [6, 6.07) is 9.44. The molecule has 2 saturated carbocycles. The van der Waals surface area contributed by atoms with Crippen LogP contribution >= 0.6 is 0 Å². The van der Waals surface area contributed by atoms with Crippen LogP contribution < -0.4 is 10.2 Å². The highest BCUT2D eigenvalue weighted by Gasteiger charge is 2.31. The standard InChI is InChI=1S/C34H49F2N7O2/c1-34(2,44)23-42(22-25-8-4-3-5-9-25)26-14-12-24(13-15-26)21-37-33-39-29(41-16-18-45-19-17-41)20-30(40-33)43-28-11-7-6-10-27(28)38-32(43)31(35)36/h6-7,10-11,20,24-26,31,44H,3-5,8-9,12-19,21-23H2,1-2H3,(H,37,39,40)/t24-,26-. The lowest BCUT2D eigenvalue weighted by Crippen LogP contribution is -2.48. The summed E-state index contributed by atoms with van der Waals surface area (Å²) in [6.07, 6.45) is 8.26. The normalized spacial score (nSPS) is 22.1. The number of benzene rings is 1. The number of nitrogens with zero attached hydrogens (tertiary/aromatic N) is 6. The van der Waals surface area contributed by atoms with Crippen LogP contribution in [-0.4, -0.2) is 87.1 Å². The number of hydrogen-bond donors (Lipinski definition) is 2. The van der Waals surface area contributed by atoms with E-state index in [1.54, 1.807) is 24.3 Å². The van der Waals surface area contributed by atoms with Crippen molar-refractivity contribution in [2.45, 2.75) is 89.7 Å². The number of imidazole rings is 1. The highest BCUT2D eigenvalue weighted by Crippen LogP contribution is 2.33. The first-order chi connectivity index (χ1) is 21.7. The SMILES string of the molecule is CC(C)(O)CN(CC1CCCCC1)[C@H]1CC[C@H](CNc2nc(N3CCOCC3)cc(-n3c(C(F)F)nc4ccccc43)n2)CC1. The summed E-state index contributed by atoms with van der Waals surface area (Å²) < 4.78 is 35.5. The summed E-state index contributed by atoms with van der Waals surface area (Å²) >= 11 is 0. The lowest BCUT2D eigenvalue weighted by Gasteiger charge is -2.41. The van der Waals surface area contributed by atoms with Gasteiger partial charge in [0, 0.05) is 44.8 Å². The smallest absolute Gasteiger partial charge is 0.296 e. The zero-order valence-corrected chi connectivity index (χ0v) is 26.8. The number of para-hydroxylation sites is 2. The molecule has 1 aromatic carbocycles. The molecule has 6 rings (SSSR count). The van der Waals surface area contributed by atoms with Gasteiger partial charge in [0.15, 0.2) is 5.82 Å². The molecule has 3 aliphatic rings. The van der Waals surface area contributed by atoms with Gasteiger partial charge in [-0.15, -0.1) is 0 Å². The van der Waals surface area contributed by atoms with Gasteiger partial charge in [-0.1, -0.05) is 31.4 Å². The van der Waals surface area contributed by atoms with Gasteiger partial charge in [0.25, 0.3) is 6.43 Å². The Balaban J connectivity index is 1.17. The molecule has 3 heterocycles. The fraction of sp³-hybridized carbons (Fsp3) is 0.676. The van der Waals surface area contributed by atoms with Crippen molar-refractivity contribution in [3.63, 3.8) is 0 Å². The maximum Gasteiger partial charge on any atom is 0.296 e. The first kappa shape index (κ1) is 32.1. The molecule has 0 radical (unpaired) electrons.